The van der Waals surface area contributed by atoms with Gasteiger partial charge in [0.1, 0.15) is 0 Å². The SMILES string of the molecule is CN1CCC2(C1)CN(C(=O)Nc1ncc(SCCCC(=O)N3CCC3)s1)c1ccc(Cl)cc12. The predicted octanol–water partition coefficient (Wildman–Crippen LogP) is 4.53. The van der Waals surface area contributed by atoms with Crippen molar-refractivity contribution in [1.29, 1.82) is 0 Å². The predicted molar refractivity (Wildman–Crippen MR) is 135 cm³/mol. The van der Waals surface area contributed by atoms with Gasteiger partial charge in [0.15, 0.2) is 5.13 Å². The smallest absolute Gasteiger partial charge is 0.328 e. The Kier molecular flexibility index (Phi) is 6.57. The summed E-state index contributed by atoms with van der Waals surface area (Å²) in [5.41, 5.74) is 2.03. The quantitative estimate of drug-likeness (QED) is 0.461. The van der Waals surface area contributed by atoms with Gasteiger partial charge in [-0.3, -0.25) is 15.0 Å². The van der Waals surface area contributed by atoms with Crippen LogP contribution in [-0.2, 0) is 10.2 Å². The number of nitrogens with zero attached hydrogens (tertiary/aromatic N) is 4. The lowest BCUT2D eigenvalue weighted by Crippen LogP contribution is -2.41. The maximum atomic E-state index is 13.2. The van der Waals surface area contributed by atoms with E-state index in [-0.39, 0.29) is 17.4 Å². The van der Waals surface area contributed by atoms with Crippen molar-refractivity contribution >= 4 is 57.5 Å². The maximum absolute atomic E-state index is 13.2. The third-order valence-electron chi connectivity index (χ3n) is 6.76. The molecule has 0 radical (unpaired) electrons. The van der Waals surface area contributed by atoms with E-state index in [4.69, 9.17) is 11.6 Å². The summed E-state index contributed by atoms with van der Waals surface area (Å²) in [5.74, 6) is 1.13. The number of likely N-dealkylation sites (N-methyl/N-ethyl adjacent to an activating group) is 1. The number of nitrogens with one attached hydrogen (secondary N) is 1. The highest BCUT2D eigenvalue weighted by Gasteiger charge is 2.48. The molecule has 1 unspecified atom stereocenters. The van der Waals surface area contributed by atoms with E-state index < -0.39 is 0 Å². The van der Waals surface area contributed by atoms with E-state index in [2.05, 4.69) is 22.2 Å². The Morgan fingerprint density at radius 3 is 2.85 bits per heavy atom. The molecule has 3 aliphatic heterocycles. The molecule has 0 aliphatic carbocycles. The first-order valence-electron chi connectivity index (χ1n) is 11.4. The Morgan fingerprint density at radius 2 is 2.12 bits per heavy atom. The molecule has 1 aromatic heterocycles. The van der Waals surface area contributed by atoms with Gasteiger partial charge in [0.25, 0.3) is 0 Å². The number of fused-ring (bicyclic) bond motifs is 2. The fourth-order valence-corrected chi connectivity index (χ4v) is 6.97. The van der Waals surface area contributed by atoms with Gasteiger partial charge in [-0.25, -0.2) is 9.78 Å². The monoisotopic (exact) mass is 505 g/mol. The van der Waals surface area contributed by atoms with Gasteiger partial charge < -0.3 is 9.80 Å². The van der Waals surface area contributed by atoms with Crippen LogP contribution >= 0.6 is 34.7 Å². The summed E-state index contributed by atoms with van der Waals surface area (Å²) in [4.78, 5) is 35.6. The van der Waals surface area contributed by atoms with E-state index >= 15 is 0 Å². The van der Waals surface area contributed by atoms with Gasteiger partial charge in [-0.05, 0) is 62.4 Å². The minimum absolute atomic E-state index is 0.0658. The molecule has 3 aliphatic rings. The first kappa shape index (κ1) is 23.0. The van der Waals surface area contributed by atoms with E-state index in [1.165, 1.54) is 11.3 Å². The number of thiazole rings is 1. The first-order valence-corrected chi connectivity index (χ1v) is 13.6. The highest BCUT2D eigenvalue weighted by molar-refractivity contribution is 8.01. The normalized spacial score (nSPS) is 22.0. The summed E-state index contributed by atoms with van der Waals surface area (Å²) in [6, 6.07) is 5.67. The number of anilines is 2. The van der Waals surface area contributed by atoms with Crippen molar-refractivity contribution in [3.05, 3.63) is 35.0 Å². The summed E-state index contributed by atoms with van der Waals surface area (Å²) in [7, 11) is 2.12. The number of aromatic nitrogens is 1. The van der Waals surface area contributed by atoms with Crippen LogP contribution in [0.25, 0.3) is 0 Å². The Morgan fingerprint density at radius 1 is 1.27 bits per heavy atom. The minimum atomic E-state index is -0.156. The van der Waals surface area contributed by atoms with Crippen LogP contribution in [0.1, 0.15) is 31.2 Å². The zero-order valence-electron chi connectivity index (χ0n) is 18.7. The van der Waals surface area contributed by atoms with Crippen LogP contribution in [0.5, 0.6) is 0 Å². The molecule has 2 fully saturated rings. The molecule has 0 saturated carbocycles. The van der Waals surface area contributed by atoms with Crippen LogP contribution in [0.2, 0.25) is 5.02 Å². The fourth-order valence-electron chi connectivity index (χ4n) is 4.91. The molecule has 176 valence electrons. The number of likely N-dealkylation sites (tertiary alicyclic amines) is 2. The Bertz CT molecular complexity index is 1060. The summed E-state index contributed by atoms with van der Waals surface area (Å²) < 4.78 is 1.05. The second-order valence-corrected chi connectivity index (χ2v) is 12.0. The standard InChI is InChI=1S/C23H28ClN5O2S2/c1-27-10-7-23(14-27)15-29(18-6-5-16(24)12-17(18)23)22(31)26-21-25-13-20(33-21)32-11-2-4-19(30)28-8-3-9-28/h5-6,12-13H,2-4,7-11,14-15H2,1H3,(H,25,26,31). The Hall–Kier alpha value is -1.81. The molecule has 1 aromatic carbocycles. The number of carbonyl (C=O) groups excluding carboxylic acids is 2. The highest BCUT2D eigenvalue weighted by Crippen LogP contribution is 2.47. The second kappa shape index (κ2) is 9.44. The average molecular weight is 506 g/mol. The lowest BCUT2D eigenvalue weighted by Gasteiger charge is -2.30. The van der Waals surface area contributed by atoms with Crippen LogP contribution in [-0.4, -0.2) is 72.2 Å². The van der Waals surface area contributed by atoms with Gasteiger partial charge in [0.2, 0.25) is 5.91 Å². The molecule has 33 heavy (non-hydrogen) atoms. The van der Waals surface area contributed by atoms with Crippen molar-refractivity contribution in [2.45, 2.75) is 35.3 Å². The van der Waals surface area contributed by atoms with Gasteiger partial charge in [0.05, 0.1) is 10.4 Å². The topological polar surface area (TPSA) is 68.8 Å². The van der Waals surface area contributed by atoms with Crippen LogP contribution in [0.3, 0.4) is 0 Å². The van der Waals surface area contributed by atoms with Crippen molar-refractivity contribution in [2.75, 3.05) is 55.7 Å². The van der Waals surface area contributed by atoms with Crippen molar-refractivity contribution in [2.24, 2.45) is 0 Å². The van der Waals surface area contributed by atoms with E-state index in [9.17, 15) is 9.59 Å². The summed E-state index contributed by atoms with van der Waals surface area (Å²) in [6.07, 6.45) is 5.39. The Balaban J connectivity index is 1.18. The van der Waals surface area contributed by atoms with Gasteiger partial charge >= 0.3 is 6.03 Å². The van der Waals surface area contributed by atoms with Crippen molar-refractivity contribution in [3.63, 3.8) is 0 Å². The number of thioether (sulfide) groups is 1. The zero-order chi connectivity index (χ0) is 23.0. The number of urea groups is 1. The third kappa shape index (κ3) is 4.73. The molecular weight excluding hydrogens is 478 g/mol. The number of halogens is 1. The van der Waals surface area contributed by atoms with Gasteiger partial charge in [-0.15, -0.1) is 11.8 Å². The molecule has 3 amide bonds. The minimum Gasteiger partial charge on any atom is -0.343 e. The van der Waals surface area contributed by atoms with E-state index in [0.29, 0.717) is 23.1 Å². The van der Waals surface area contributed by atoms with Gasteiger partial charge in [-0.2, -0.15) is 0 Å². The summed E-state index contributed by atoms with van der Waals surface area (Å²) >= 11 is 9.47. The van der Waals surface area contributed by atoms with Crippen LogP contribution < -0.4 is 10.2 Å². The van der Waals surface area contributed by atoms with Crippen LogP contribution in [0, 0.1) is 0 Å². The number of hydrogen-bond acceptors (Lipinski definition) is 6. The molecule has 5 rings (SSSR count). The molecule has 4 heterocycles. The zero-order valence-corrected chi connectivity index (χ0v) is 21.1. The van der Waals surface area contributed by atoms with E-state index in [0.717, 1.165) is 66.7 Å². The van der Waals surface area contributed by atoms with Crippen molar-refractivity contribution in [1.82, 2.24) is 14.8 Å². The second-order valence-electron chi connectivity index (χ2n) is 9.12. The molecule has 1 spiro atoms. The maximum Gasteiger partial charge on any atom is 0.328 e. The van der Waals surface area contributed by atoms with Gasteiger partial charge in [-0.1, -0.05) is 22.9 Å². The lowest BCUT2D eigenvalue weighted by atomic mass is 9.81. The number of carbonyl (C=O) groups is 2. The number of rotatable bonds is 6. The molecule has 2 saturated heterocycles. The lowest BCUT2D eigenvalue weighted by molar-refractivity contribution is -0.134. The molecule has 7 nitrogen and oxygen atoms in total. The molecule has 1 atom stereocenters. The Labute approximate surface area is 207 Å². The fraction of sp³-hybridized carbons (Fsp3) is 0.522. The van der Waals surface area contributed by atoms with Crippen molar-refractivity contribution in [3.8, 4) is 0 Å². The summed E-state index contributed by atoms with van der Waals surface area (Å²) in [6.45, 7) is 4.41. The molecule has 10 heteroatoms. The highest BCUT2D eigenvalue weighted by atomic mass is 35.5. The van der Waals surface area contributed by atoms with Gasteiger partial charge in [0, 0.05) is 48.7 Å². The van der Waals surface area contributed by atoms with Crippen LogP contribution in [0.15, 0.2) is 28.6 Å². The molecule has 2 aromatic rings. The number of hydrogen-bond donors (Lipinski definition) is 1. The first-order chi connectivity index (χ1) is 15.9. The number of amides is 3. The van der Waals surface area contributed by atoms with E-state index in [1.54, 1.807) is 18.0 Å². The average Bonchev–Trinajstić information content (AvgIpc) is 3.43. The van der Waals surface area contributed by atoms with E-state index in [1.807, 2.05) is 28.0 Å². The van der Waals surface area contributed by atoms with Crippen molar-refractivity contribution < 1.29 is 9.59 Å². The third-order valence-corrected chi connectivity index (χ3v) is 9.19. The largest absolute Gasteiger partial charge is 0.343 e. The number of benzene rings is 1. The molecule has 1 N–H and O–H groups in total. The van der Waals surface area contributed by atoms with Crippen LogP contribution in [0.4, 0.5) is 15.6 Å². The molecule has 0 bridgehead atoms. The molecular formula is C23H28ClN5O2S2. The summed E-state index contributed by atoms with van der Waals surface area (Å²) in [5, 5.41) is 4.29.